The number of carbonyl (C=O) groups is 4. The largest absolute Gasteiger partial charge is 0.480 e. The van der Waals surface area contributed by atoms with Gasteiger partial charge in [0.25, 0.3) is 0 Å². The second-order valence-corrected chi connectivity index (χ2v) is 7.16. The Morgan fingerprint density at radius 3 is 2.33 bits per heavy atom. The van der Waals surface area contributed by atoms with Gasteiger partial charge >= 0.3 is 5.97 Å². The summed E-state index contributed by atoms with van der Waals surface area (Å²) in [5.74, 6) is -3.27. The number of carboxylic acids is 1. The van der Waals surface area contributed by atoms with Crippen molar-refractivity contribution < 1.29 is 29.4 Å². The second kappa shape index (κ2) is 10.5. The van der Waals surface area contributed by atoms with Gasteiger partial charge in [-0.05, 0) is 18.8 Å². The molecule has 27 heavy (non-hydrogen) atoms. The summed E-state index contributed by atoms with van der Waals surface area (Å²) in [6.07, 6.45) is 0.926. The highest BCUT2D eigenvalue weighted by molar-refractivity contribution is 7.80. The van der Waals surface area contributed by atoms with Gasteiger partial charge in [-0.3, -0.25) is 14.4 Å². The van der Waals surface area contributed by atoms with Gasteiger partial charge in [0, 0.05) is 12.3 Å². The van der Waals surface area contributed by atoms with E-state index in [-0.39, 0.29) is 11.7 Å². The van der Waals surface area contributed by atoms with Crippen LogP contribution in [0, 0.1) is 5.92 Å². The van der Waals surface area contributed by atoms with Crippen LogP contribution in [0.3, 0.4) is 0 Å². The van der Waals surface area contributed by atoms with E-state index >= 15 is 0 Å². The van der Waals surface area contributed by atoms with Crippen molar-refractivity contribution >= 4 is 36.3 Å². The molecule has 0 aromatic heterocycles. The Kier molecular flexibility index (Phi) is 9.00. The maximum atomic E-state index is 12.8. The van der Waals surface area contributed by atoms with Crippen LogP contribution < -0.4 is 16.4 Å². The molecule has 3 amide bonds. The average Bonchev–Trinajstić information content (AvgIpc) is 3.12. The van der Waals surface area contributed by atoms with Crippen molar-refractivity contribution in [3.63, 3.8) is 0 Å². The van der Waals surface area contributed by atoms with Crippen molar-refractivity contribution in [2.45, 2.75) is 50.9 Å². The molecule has 0 aromatic carbocycles. The fourth-order valence-electron chi connectivity index (χ4n) is 2.79. The number of aliphatic carboxylic acids is 1. The van der Waals surface area contributed by atoms with Crippen molar-refractivity contribution in [3.8, 4) is 0 Å². The summed E-state index contributed by atoms with van der Waals surface area (Å²) in [6, 6.07) is -4.13. The minimum atomic E-state index is -1.29. The standard InChI is InChI=1S/C16H28N4O6S/c1-8(2)12(15(24)20-5-3-4-11(20)16(25)26)19-14(23)10(6-21)18-13(22)9(17)7-27/h8-12,21,27H,3-7,17H2,1-2H3,(H,18,22)(H,19,23)(H,25,26). The summed E-state index contributed by atoms with van der Waals surface area (Å²) < 4.78 is 0. The molecular weight excluding hydrogens is 376 g/mol. The number of carboxylic acid groups (broad SMARTS) is 1. The van der Waals surface area contributed by atoms with Crippen LogP contribution in [-0.4, -0.2) is 81.9 Å². The topological polar surface area (TPSA) is 162 Å². The number of hydrogen-bond acceptors (Lipinski definition) is 7. The van der Waals surface area contributed by atoms with Crippen LogP contribution in [0.15, 0.2) is 0 Å². The monoisotopic (exact) mass is 404 g/mol. The van der Waals surface area contributed by atoms with Crippen LogP contribution in [0.25, 0.3) is 0 Å². The van der Waals surface area contributed by atoms with Crippen molar-refractivity contribution in [1.29, 1.82) is 0 Å². The average molecular weight is 404 g/mol. The van der Waals surface area contributed by atoms with E-state index < -0.39 is 54.5 Å². The molecule has 1 rings (SSSR count). The molecule has 4 atom stereocenters. The molecule has 1 heterocycles. The Morgan fingerprint density at radius 2 is 1.85 bits per heavy atom. The Balaban J connectivity index is 2.85. The third-order valence-electron chi connectivity index (χ3n) is 4.40. The lowest BCUT2D eigenvalue weighted by atomic mass is 10.0. The Labute approximate surface area is 163 Å². The number of aliphatic hydroxyl groups excluding tert-OH is 1. The summed E-state index contributed by atoms with van der Waals surface area (Å²) >= 11 is 3.90. The highest BCUT2D eigenvalue weighted by Gasteiger charge is 2.39. The van der Waals surface area contributed by atoms with E-state index in [0.717, 1.165) is 0 Å². The van der Waals surface area contributed by atoms with E-state index in [1.54, 1.807) is 13.8 Å². The first-order valence-electron chi connectivity index (χ1n) is 8.75. The number of nitrogens with one attached hydrogen (secondary N) is 2. The second-order valence-electron chi connectivity index (χ2n) is 6.79. The van der Waals surface area contributed by atoms with Gasteiger partial charge in [0.15, 0.2) is 0 Å². The molecule has 154 valence electrons. The summed E-state index contributed by atoms with van der Waals surface area (Å²) in [6.45, 7) is 3.03. The van der Waals surface area contributed by atoms with E-state index in [9.17, 15) is 29.4 Å². The first-order chi connectivity index (χ1) is 12.6. The number of nitrogens with two attached hydrogens (primary N) is 1. The number of nitrogens with zero attached hydrogens (tertiary/aromatic N) is 1. The number of likely N-dealkylation sites (tertiary alicyclic amines) is 1. The SMILES string of the molecule is CC(C)C(NC(=O)C(CO)NC(=O)C(N)CS)C(=O)N1CCCC1C(=O)O. The van der Waals surface area contributed by atoms with E-state index in [4.69, 9.17) is 5.73 Å². The van der Waals surface area contributed by atoms with Gasteiger partial charge in [0.1, 0.15) is 18.1 Å². The van der Waals surface area contributed by atoms with Crippen LogP contribution in [0.5, 0.6) is 0 Å². The number of amides is 3. The minimum absolute atomic E-state index is 0.0598. The molecule has 1 fully saturated rings. The van der Waals surface area contributed by atoms with Crippen molar-refractivity contribution in [2.75, 3.05) is 18.9 Å². The lowest BCUT2D eigenvalue weighted by molar-refractivity contribution is -0.150. The predicted octanol–water partition coefficient (Wildman–Crippen LogP) is -2.06. The van der Waals surface area contributed by atoms with Gasteiger partial charge in [-0.1, -0.05) is 13.8 Å². The van der Waals surface area contributed by atoms with E-state index in [1.807, 2.05) is 0 Å². The molecule has 0 radical (unpaired) electrons. The zero-order valence-electron chi connectivity index (χ0n) is 15.4. The number of aliphatic hydroxyl groups is 1. The fourth-order valence-corrected chi connectivity index (χ4v) is 2.95. The minimum Gasteiger partial charge on any atom is -0.480 e. The van der Waals surface area contributed by atoms with Crippen molar-refractivity contribution in [1.82, 2.24) is 15.5 Å². The Hall–Kier alpha value is -1.85. The van der Waals surface area contributed by atoms with Gasteiger partial charge in [0.2, 0.25) is 17.7 Å². The molecule has 4 unspecified atom stereocenters. The molecule has 11 heteroatoms. The highest BCUT2D eigenvalue weighted by atomic mass is 32.1. The number of thiol groups is 1. The predicted molar refractivity (Wildman–Crippen MR) is 100.0 cm³/mol. The fraction of sp³-hybridized carbons (Fsp3) is 0.750. The number of hydrogen-bond donors (Lipinski definition) is 6. The number of carbonyl (C=O) groups excluding carboxylic acids is 3. The Bertz CT molecular complexity index is 573. The molecule has 0 spiro atoms. The lowest BCUT2D eigenvalue weighted by Gasteiger charge is -2.30. The summed E-state index contributed by atoms with van der Waals surface area (Å²) in [5, 5.41) is 23.5. The van der Waals surface area contributed by atoms with Crippen LogP contribution in [-0.2, 0) is 19.2 Å². The summed E-state index contributed by atoms with van der Waals surface area (Å²) in [5.41, 5.74) is 5.53. The molecule has 0 saturated carbocycles. The van der Waals surface area contributed by atoms with E-state index in [1.165, 1.54) is 4.90 Å². The van der Waals surface area contributed by atoms with Gasteiger partial charge in [-0.2, -0.15) is 12.6 Å². The quantitative estimate of drug-likeness (QED) is 0.241. The zero-order chi connectivity index (χ0) is 20.7. The smallest absolute Gasteiger partial charge is 0.326 e. The van der Waals surface area contributed by atoms with Crippen molar-refractivity contribution in [3.05, 3.63) is 0 Å². The maximum absolute atomic E-state index is 12.8. The molecule has 0 bridgehead atoms. The molecule has 1 saturated heterocycles. The summed E-state index contributed by atoms with van der Waals surface area (Å²) in [7, 11) is 0. The molecule has 0 aromatic rings. The summed E-state index contributed by atoms with van der Waals surface area (Å²) in [4.78, 5) is 49.6. The first-order valence-corrected chi connectivity index (χ1v) is 9.38. The van der Waals surface area contributed by atoms with E-state index in [0.29, 0.717) is 19.4 Å². The van der Waals surface area contributed by atoms with Gasteiger partial charge in [-0.25, -0.2) is 4.79 Å². The molecule has 0 aliphatic carbocycles. The lowest BCUT2D eigenvalue weighted by Crippen LogP contribution is -2.59. The van der Waals surface area contributed by atoms with Crippen LogP contribution in [0.2, 0.25) is 0 Å². The molecule has 10 nitrogen and oxygen atoms in total. The maximum Gasteiger partial charge on any atom is 0.326 e. The Morgan fingerprint density at radius 1 is 1.22 bits per heavy atom. The zero-order valence-corrected chi connectivity index (χ0v) is 16.3. The van der Waals surface area contributed by atoms with Gasteiger partial charge < -0.3 is 31.5 Å². The van der Waals surface area contributed by atoms with Gasteiger partial charge in [-0.15, -0.1) is 0 Å². The molecular formula is C16H28N4O6S. The molecule has 1 aliphatic heterocycles. The van der Waals surface area contributed by atoms with Crippen LogP contribution in [0.4, 0.5) is 0 Å². The first kappa shape index (κ1) is 23.2. The van der Waals surface area contributed by atoms with Crippen LogP contribution >= 0.6 is 12.6 Å². The van der Waals surface area contributed by atoms with Crippen LogP contribution in [0.1, 0.15) is 26.7 Å². The van der Waals surface area contributed by atoms with E-state index in [2.05, 4.69) is 23.3 Å². The highest BCUT2D eigenvalue weighted by Crippen LogP contribution is 2.20. The molecule has 6 N–H and O–H groups in total. The third kappa shape index (κ3) is 6.08. The molecule has 1 aliphatic rings. The van der Waals surface area contributed by atoms with Crippen molar-refractivity contribution in [2.24, 2.45) is 11.7 Å². The third-order valence-corrected chi connectivity index (χ3v) is 4.79. The normalized spacial score (nSPS) is 20.1. The number of rotatable bonds is 9. The van der Waals surface area contributed by atoms with Gasteiger partial charge in [0.05, 0.1) is 12.6 Å².